The highest BCUT2D eigenvalue weighted by molar-refractivity contribution is 6.09. The molecule has 0 radical (unpaired) electrons. The number of para-hydroxylation sites is 3. The van der Waals surface area contributed by atoms with Crippen LogP contribution in [0.2, 0.25) is 0 Å². The first-order chi connectivity index (χ1) is 9.56. The Morgan fingerprint density at radius 3 is 2.55 bits per heavy atom. The van der Waals surface area contributed by atoms with Gasteiger partial charge in [0.25, 0.3) is 5.91 Å². The van der Waals surface area contributed by atoms with E-state index >= 15 is 0 Å². The first-order valence-corrected chi connectivity index (χ1v) is 6.04. The maximum Gasteiger partial charge on any atom is 0.261 e. The topological polar surface area (TPSA) is 75.8 Å². The molecule has 2 rings (SSSR count). The third-order valence-electron chi connectivity index (χ3n) is 3.05. The van der Waals surface area contributed by atoms with Crippen molar-refractivity contribution in [3.63, 3.8) is 0 Å². The summed E-state index contributed by atoms with van der Waals surface area (Å²) in [5, 5.41) is 10.0. The van der Waals surface area contributed by atoms with Gasteiger partial charge in [0.15, 0.2) is 11.5 Å². The number of nitrogen functional groups attached to an aromatic ring is 1. The summed E-state index contributed by atoms with van der Waals surface area (Å²) in [6.07, 6.45) is 0. The molecule has 5 nitrogen and oxygen atoms in total. The molecule has 0 heterocycles. The number of aromatic hydroxyl groups is 1. The van der Waals surface area contributed by atoms with Crippen LogP contribution >= 0.6 is 0 Å². The smallest absolute Gasteiger partial charge is 0.261 e. The fourth-order valence-corrected chi connectivity index (χ4v) is 1.94. The van der Waals surface area contributed by atoms with Crippen LogP contribution in [0.5, 0.6) is 11.5 Å². The van der Waals surface area contributed by atoms with Gasteiger partial charge in [-0.3, -0.25) is 4.79 Å². The molecule has 2 aromatic carbocycles. The van der Waals surface area contributed by atoms with Crippen LogP contribution in [-0.4, -0.2) is 25.2 Å². The number of carbonyl (C=O) groups excluding carboxylic acids is 1. The van der Waals surface area contributed by atoms with Crippen molar-refractivity contribution in [1.29, 1.82) is 0 Å². The van der Waals surface area contributed by atoms with Gasteiger partial charge in [-0.05, 0) is 24.3 Å². The highest BCUT2D eigenvalue weighted by Gasteiger charge is 2.20. The Hall–Kier alpha value is -2.69. The molecule has 0 aliphatic carbocycles. The zero-order valence-corrected chi connectivity index (χ0v) is 11.3. The van der Waals surface area contributed by atoms with E-state index in [4.69, 9.17) is 10.5 Å². The van der Waals surface area contributed by atoms with Gasteiger partial charge in [-0.2, -0.15) is 0 Å². The van der Waals surface area contributed by atoms with Gasteiger partial charge < -0.3 is 20.5 Å². The number of hydrogen-bond acceptors (Lipinski definition) is 4. The minimum atomic E-state index is -0.362. The highest BCUT2D eigenvalue weighted by atomic mass is 16.5. The number of amides is 1. The monoisotopic (exact) mass is 272 g/mol. The van der Waals surface area contributed by atoms with Gasteiger partial charge >= 0.3 is 0 Å². The molecule has 2 aromatic rings. The molecule has 20 heavy (non-hydrogen) atoms. The van der Waals surface area contributed by atoms with Crippen molar-refractivity contribution in [3.8, 4) is 11.5 Å². The maximum absolute atomic E-state index is 12.4. The van der Waals surface area contributed by atoms with Gasteiger partial charge in [0.05, 0.1) is 24.0 Å². The number of nitrogens with zero attached hydrogens (tertiary/aromatic N) is 1. The lowest BCUT2D eigenvalue weighted by atomic mass is 10.1. The molecular formula is C15H16N2O3. The predicted octanol–water partition coefficient (Wildman–Crippen LogP) is 2.26. The number of rotatable bonds is 3. The number of ether oxygens (including phenoxy) is 1. The fraction of sp³-hybridized carbons (Fsp3) is 0.133. The maximum atomic E-state index is 12.4. The van der Waals surface area contributed by atoms with E-state index in [1.165, 1.54) is 18.1 Å². The number of benzene rings is 2. The van der Waals surface area contributed by atoms with Crippen molar-refractivity contribution in [1.82, 2.24) is 0 Å². The standard InChI is InChI=1S/C15H16N2O3/c1-17(12-8-4-3-7-11(12)16)15(19)10-6-5-9-13(20-2)14(10)18/h3-9,18H,16H2,1-2H3. The summed E-state index contributed by atoms with van der Waals surface area (Å²) in [4.78, 5) is 13.8. The molecular weight excluding hydrogens is 256 g/mol. The molecule has 0 atom stereocenters. The molecule has 3 N–H and O–H groups in total. The molecule has 0 saturated carbocycles. The Labute approximate surface area is 117 Å². The van der Waals surface area contributed by atoms with Crippen molar-refractivity contribution >= 4 is 17.3 Å². The van der Waals surface area contributed by atoms with Gasteiger partial charge in [0.1, 0.15) is 0 Å². The lowest BCUT2D eigenvalue weighted by Gasteiger charge is -2.20. The molecule has 0 aliphatic rings. The summed E-state index contributed by atoms with van der Waals surface area (Å²) in [5.41, 5.74) is 7.09. The van der Waals surface area contributed by atoms with Gasteiger partial charge in [0.2, 0.25) is 0 Å². The largest absolute Gasteiger partial charge is 0.504 e. The van der Waals surface area contributed by atoms with E-state index < -0.39 is 0 Å². The molecule has 0 aliphatic heterocycles. The second-order valence-corrected chi connectivity index (χ2v) is 4.28. The number of phenols is 1. The molecule has 0 spiro atoms. The molecule has 0 unspecified atom stereocenters. The summed E-state index contributed by atoms with van der Waals surface area (Å²) in [6.45, 7) is 0. The van der Waals surface area contributed by atoms with Crippen LogP contribution in [-0.2, 0) is 0 Å². The van der Waals surface area contributed by atoms with Crippen LogP contribution in [0, 0.1) is 0 Å². The first-order valence-electron chi connectivity index (χ1n) is 6.04. The molecule has 5 heteroatoms. The van der Waals surface area contributed by atoms with E-state index in [2.05, 4.69) is 0 Å². The van der Waals surface area contributed by atoms with E-state index in [1.807, 2.05) is 0 Å². The molecule has 0 saturated heterocycles. The van der Waals surface area contributed by atoms with Gasteiger partial charge in [0, 0.05) is 7.05 Å². The van der Waals surface area contributed by atoms with Gasteiger partial charge in [-0.15, -0.1) is 0 Å². The molecule has 0 aromatic heterocycles. The van der Waals surface area contributed by atoms with Crippen molar-refractivity contribution in [2.45, 2.75) is 0 Å². The van der Waals surface area contributed by atoms with Crippen molar-refractivity contribution in [3.05, 3.63) is 48.0 Å². The predicted molar refractivity (Wildman–Crippen MR) is 78.2 cm³/mol. The van der Waals surface area contributed by atoms with E-state index in [1.54, 1.807) is 43.4 Å². The molecule has 1 amide bonds. The number of methoxy groups -OCH3 is 1. The average molecular weight is 272 g/mol. The lowest BCUT2D eigenvalue weighted by molar-refractivity contribution is 0.0990. The van der Waals surface area contributed by atoms with Crippen molar-refractivity contribution in [2.24, 2.45) is 0 Å². The summed E-state index contributed by atoms with van der Waals surface area (Å²) >= 11 is 0. The van der Waals surface area contributed by atoms with Crippen molar-refractivity contribution < 1.29 is 14.6 Å². The quantitative estimate of drug-likeness (QED) is 0.840. The fourth-order valence-electron chi connectivity index (χ4n) is 1.94. The van der Waals surface area contributed by atoms with Crippen LogP contribution < -0.4 is 15.4 Å². The van der Waals surface area contributed by atoms with Gasteiger partial charge in [-0.25, -0.2) is 0 Å². The Bertz CT molecular complexity index is 641. The van der Waals surface area contributed by atoms with E-state index in [9.17, 15) is 9.90 Å². The summed E-state index contributed by atoms with van der Waals surface area (Å²) < 4.78 is 5.00. The number of anilines is 2. The summed E-state index contributed by atoms with van der Waals surface area (Å²) in [7, 11) is 3.04. The zero-order chi connectivity index (χ0) is 14.7. The van der Waals surface area contributed by atoms with E-state index in [-0.39, 0.29) is 23.0 Å². The number of carbonyl (C=O) groups is 1. The third kappa shape index (κ3) is 2.38. The van der Waals surface area contributed by atoms with E-state index in [0.29, 0.717) is 11.4 Å². The van der Waals surface area contributed by atoms with Crippen LogP contribution in [0.4, 0.5) is 11.4 Å². The van der Waals surface area contributed by atoms with Gasteiger partial charge in [-0.1, -0.05) is 18.2 Å². The minimum Gasteiger partial charge on any atom is -0.504 e. The summed E-state index contributed by atoms with van der Waals surface area (Å²) in [6, 6.07) is 11.8. The Morgan fingerprint density at radius 2 is 1.90 bits per heavy atom. The third-order valence-corrected chi connectivity index (χ3v) is 3.05. The zero-order valence-electron chi connectivity index (χ0n) is 11.3. The highest BCUT2D eigenvalue weighted by Crippen LogP contribution is 2.31. The SMILES string of the molecule is COc1cccc(C(=O)N(C)c2ccccc2N)c1O. The first kappa shape index (κ1) is 13.7. The molecule has 0 bridgehead atoms. The van der Waals surface area contributed by atoms with Crippen LogP contribution in [0.15, 0.2) is 42.5 Å². The normalized spacial score (nSPS) is 10.1. The number of phenolic OH excluding ortho intramolecular Hbond substituents is 1. The Morgan fingerprint density at radius 1 is 1.20 bits per heavy atom. The number of nitrogens with two attached hydrogens (primary N) is 1. The summed E-state index contributed by atoms with van der Waals surface area (Å²) in [5.74, 6) is -0.286. The second kappa shape index (κ2) is 5.52. The van der Waals surface area contributed by atoms with E-state index in [0.717, 1.165) is 0 Å². The molecule has 0 fully saturated rings. The molecule has 104 valence electrons. The minimum absolute atomic E-state index is 0.162. The second-order valence-electron chi connectivity index (χ2n) is 4.28. The lowest BCUT2D eigenvalue weighted by Crippen LogP contribution is -2.27. The van der Waals surface area contributed by atoms with Crippen LogP contribution in [0.25, 0.3) is 0 Å². The van der Waals surface area contributed by atoms with Crippen molar-refractivity contribution in [2.75, 3.05) is 24.8 Å². The average Bonchev–Trinajstić information content (AvgIpc) is 2.46. The van der Waals surface area contributed by atoms with Crippen LogP contribution in [0.1, 0.15) is 10.4 Å². The van der Waals surface area contributed by atoms with Crippen LogP contribution in [0.3, 0.4) is 0 Å². The Kier molecular flexibility index (Phi) is 3.79. The Balaban J connectivity index is 2.39. The number of hydrogen-bond donors (Lipinski definition) is 2.